The van der Waals surface area contributed by atoms with Crippen LogP contribution in [-0.2, 0) is 5.33 Å². The lowest BCUT2D eigenvalue weighted by molar-refractivity contribution is 0.0976. The van der Waals surface area contributed by atoms with Crippen molar-refractivity contribution in [2.45, 2.75) is 5.33 Å². The molecule has 0 atom stereocenters. The molecule has 0 unspecified atom stereocenters. The molecule has 0 aliphatic heterocycles. The number of hydrogen-bond donors (Lipinski definition) is 0. The van der Waals surface area contributed by atoms with Crippen LogP contribution in [0, 0.1) is 0 Å². The van der Waals surface area contributed by atoms with Gasteiger partial charge in [0.15, 0.2) is 11.6 Å². The van der Waals surface area contributed by atoms with Crippen molar-refractivity contribution in [3.63, 3.8) is 0 Å². The zero-order chi connectivity index (χ0) is 14.3. The van der Waals surface area contributed by atoms with Gasteiger partial charge in [0.2, 0.25) is 0 Å². The van der Waals surface area contributed by atoms with Crippen LogP contribution in [0.25, 0.3) is 0 Å². The van der Waals surface area contributed by atoms with Gasteiger partial charge >= 0.3 is 0 Å². The lowest BCUT2D eigenvalue weighted by Crippen LogP contribution is -2.22. The van der Waals surface area contributed by atoms with Gasteiger partial charge < -0.3 is 4.74 Å². The molecule has 0 aromatic heterocycles. The molecule has 1 aliphatic carbocycles. The number of halogens is 1. The Labute approximate surface area is 124 Å². The van der Waals surface area contributed by atoms with E-state index in [-0.39, 0.29) is 11.6 Å². The first kappa shape index (κ1) is 13.1. The van der Waals surface area contributed by atoms with Crippen molar-refractivity contribution >= 4 is 27.5 Å². The molecule has 0 amide bonds. The Hall–Kier alpha value is -1.94. The maximum atomic E-state index is 12.7. The van der Waals surface area contributed by atoms with E-state index in [2.05, 4.69) is 15.9 Å². The third kappa shape index (κ3) is 1.72. The quantitative estimate of drug-likeness (QED) is 0.676. The van der Waals surface area contributed by atoms with Gasteiger partial charge in [0.1, 0.15) is 5.75 Å². The van der Waals surface area contributed by atoms with E-state index in [1.807, 2.05) is 6.07 Å². The molecule has 0 N–H and O–H groups in total. The van der Waals surface area contributed by atoms with Crippen molar-refractivity contribution in [1.29, 1.82) is 0 Å². The molecule has 20 heavy (non-hydrogen) atoms. The van der Waals surface area contributed by atoms with E-state index in [0.29, 0.717) is 33.3 Å². The summed E-state index contributed by atoms with van der Waals surface area (Å²) in [5.74, 6) is 0.191. The highest BCUT2D eigenvalue weighted by atomic mass is 79.9. The second-order valence-electron chi connectivity index (χ2n) is 4.52. The van der Waals surface area contributed by atoms with Gasteiger partial charge in [-0.3, -0.25) is 9.59 Å². The lowest BCUT2D eigenvalue weighted by atomic mass is 9.83. The van der Waals surface area contributed by atoms with Crippen molar-refractivity contribution in [2.24, 2.45) is 0 Å². The maximum Gasteiger partial charge on any atom is 0.198 e. The predicted octanol–water partition coefficient (Wildman–Crippen LogP) is 3.37. The molecule has 0 fully saturated rings. The zero-order valence-electron chi connectivity index (χ0n) is 10.8. The van der Waals surface area contributed by atoms with E-state index in [0.717, 1.165) is 5.56 Å². The van der Waals surface area contributed by atoms with Gasteiger partial charge in [-0.05, 0) is 6.07 Å². The summed E-state index contributed by atoms with van der Waals surface area (Å²) < 4.78 is 5.37. The van der Waals surface area contributed by atoms with Crippen LogP contribution in [0.5, 0.6) is 5.75 Å². The molecule has 0 radical (unpaired) electrons. The summed E-state index contributed by atoms with van der Waals surface area (Å²) in [5, 5.41) is 0.562. The van der Waals surface area contributed by atoms with Gasteiger partial charge in [-0.25, -0.2) is 0 Å². The van der Waals surface area contributed by atoms with Crippen LogP contribution in [-0.4, -0.2) is 18.7 Å². The minimum atomic E-state index is -0.158. The van der Waals surface area contributed by atoms with Gasteiger partial charge in [-0.15, -0.1) is 0 Å². The van der Waals surface area contributed by atoms with Gasteiger partial charge in [0, 0.05) is 27.6 Å². The van der Waals surface area contributed by atoms with Crippen molar-refractivity contribution in [3.05, 3.63) is 64.2 Å². The Bertz CT molecular complexity index is 734. The van der Waals surface area contributed by atoms with Crippen LogP contribution in [0.15, 0.2) is 36.4 Å². The first-order chi connectivity index (χ1) is 9.69. The standard InChI is InChI=1S/C16H11BrO3/c1-20-16-9(8-17)6-7-12-13(16)15(19)11-5-3-2-4-10(11)14(12)18/h2-7H,8H2,1H3. The Morgan fingerprint density at radius 2 is 1.60 bits per heavy atom. The summed E-state index contributed by atoms with van der Waals surface area (Å²) in [7, 11) is 1.51. The van der Waals surface area contributed by atoms with E-state index >= 15 is 0 Å². The molecule has 4 heteroatoms. The van der Waals surface area contributed by atoms with Crippen molar-refractivity contribution in [1.82, 2.24) is 0 Å². The summed E-state index contributed by atoms with van der Waals surface area (Å²) in [5.41, 5.74) is 2.53. The second-order valence-corrected chi connectivity index (χ2v) is 5.08. The molecular formula is C16H11BrO3. The smallest absolute Gasteiger partial charge is 0.198 e. The Kier molecular flexibility index (Phi) is 3.18. The fourth-order valence-electron chi connectivity index (χ4n) is 2.54. The number of ketones is 2. The molecule has 0 bridgehead atoms. The molecule has 1 aliphatic rings. The predicted molar refractivity (Wildman–Crippen MR) is 78.9 cm³/mol. The van der Waals surface area contributed by atoms with Crippen molar-refractivity contribution in [3.8, 4) is 5.75 Å². The molecule has 0 heterocycles. The number of rotatable bonds is 2. The van der Waals surface area contributed by atoms with Crippen LogP contribution in [0.1, 0.15) is 37.4 Å². The number of fused-ring (bicyclic) bond motifs is 2. The van der Waals surface area contributed by atoms with Crippen molar-refractivity contribution in [2.75, 3.05) is 7.11 Å². The van der Waals surface area contributed by atoms with Crippen LogP contribution in [0.2, 0.25) is 0 Å². The molecular weight excluding hydrogens is 320 g/mol. The molecule has 0 saturated heterocycles. The van der Waals surface area contributed by atoms with Gasteiger partial charge in [-0.2, -0.15) is 0 Å². The molecule has 100 valence electrons. The molecule has 2 aromatic carbocycles. The van der Waals surface area contributed by atoms with E-state index in [4.69, 9.17) is 4.74 Å². The van der Waals surface area contributed by atoms with Gasteiger partial charge in [-0.1, -0.05) is 46.3 Å². The minimum Gasteiger partial charge on any atom is -0.496 e. The fourth-order valence-corrected chi connectivity index (χ4v) is 2.98. The monoisotopic (exact) mass is 330 g/mol. The molecule has 3 rings (SSSR count). The van der Waals surface area contributed by atoms with E-state index in [1.165, 1.54) is 7.11 Å². The second kappa shape index (κ2) is 4.87. The summed E-state index contributed by atoms with van der Waals surface area (Å²) in [4.78, 5) is 25.2. The van der Waals surface area contributed by atoms with Crippen molar-refractivity contribution < 1.29 is 14.3 Å². The fraction of sp³-hybridized carbons (Fsp3) is 0.125. The van der Waals surface area contributed by atoms with Crippen LogP contribution in [0.4, 0.5) is 0 Å². The van der Waals surface area contributed by atoms with Crippen LogP contribution >= 0.6 is 15.9 Å². The van der Waals surface area contributed by atoms with E-state index < -0.39 is 0 Å². The third-order valence-electron chi connectivity index (χ3n) is 3.48. The molecule has 3 nitrogen and oxygen atoms in total. The van der Waals surface area contributed by atoms with E-state index in [1.54, 1.807) is 30.3 Å². The van der Waals surface area contributed by atoms with Crippen LogP contribution in [0.3, 0.4) is 0 Å². The topological polar surface area (TPSA) is 43.4 Å². The first-order valence-corrected chi connectivity index (χ1v) is 7.25. The number of carbonyl (C=O) groups is 2. The SMILES string of the molecule is COc1c(CBr)ccc2c1C(=O)c1ccccc1C2=O. The highest BCUT2D eigenvalue weighted by Crippen LogP contribution is 2.36. The number of carbonyl (C=O) groups excluding carboxylic acids is 2. The average Bonchev–Trinajstić information content (AvgIpc) is 2.51. The summed E-state index contributed by atoms with van der Waals surface area (Å²) in [6.45, 7) is 0. The first-order valence-electron chi connectivity index (χ1n) is 6.13. The Balaban J connectivity index is 2.33. The number of alkyl halides is 1. The van der Waals surface area contributed by atoms with Crippen LogP contribution < -0.4 is 4.74 Å². The molecule has 0 spiro atoms. The number of benzene rings is 2. The largest absolute Gasteiger partial charge is 0.496 e. The number of methoxy groups -OCH3 is 1. The zero-order valence-corrected chi connectivity index (χ0v) is 12.4. The third-order valence-corrected chi connectivity index (χ3v) is 4.08. The summed E-state index contributed by atoms with van der Waals surface area (Å²) >= 11 is 3.37. The van der Waals surface area contributed by atoms with Gasteiger partial charge in [0.05, 0.1) is 12.7 Å². The molecule has 0 saturated carbocycles. The average molecular weight is 331 g/mol. The lowest BCUT2D eigenvalue weighted by Gasteiger charge is -2.21. The van der Waals surface area contributed by atoms with E-state index in [9.17, 15) is 9.59 Å². The summed E-state index contributed by atoms with van der Waals surface area (Å²) in [6.07, 6.45) is 0. The van der Waals surface area contributed by atoms with Gasteiger partial charge in [0.25, 0.3) is 0 Å². The minimum absolute atomic E-state index is 0.130. The number of hydrogen-bond acceptors (Lipinski definition) is 3. The molecule has 2 aromatic rings. The normalized spacial score (nSPS) is 12.9. The number of ether oxygens (including phenoxy) is 1. The maximum absolute atomic E-state index is 12.7. The Morgan fingerprint density at radius 3 is 2.20 bits per heavy atom. The summed E-state index contributed by atoms with van der Waals surface area (Å²) in [6, 6.07) is 10.4. The highest BCUT2D eigenvalue weighted by Gasteiger charge is 2.32. The Morgan fingerprint density at radius 1 is 0.950 bits per heavy atom. The highest BCUT2D eigenvalue weighted by molar-refractivity contribution is 9.08.